The summed E-state index contributed by atoms with van der Waals surface area (Å²) in [5.74, 6) is 1.53. The van der Waals surface area contributed by atoms with Gasteiger partial charge in [-0.05, 0) is 38.4 Å². The van der Waals surface area contributed by atoms with Crippen molar-refractivity contribution in [2.24, 2.45) is 0 Å². The molecule has 0 amide bonds. The number of sulfonamides is 1. The first-order valence-corrected chi connectivity index (χ1v) is 13.4. The molecule has 194 valence electrons. The summed E-state index contributed by atoms with van der Waals surface area (Å²) in [5.41, 5.74) is 2.54. The third-order valence-corrected chi connectivity index (χ3v) is 6.93. The van der Waals surface area contributed by atoms with Gasteiger partial charge in [-0.1, -0.05) is 0 Å². The number of morpholine rings is 1. The molecule has 3 aromatic rings. The zero-order chi connectivity index (χ0) is 25.7. The Morgan fingerprint density at radius 2 is 1.94 bits per heavy atom. The first-order chi connectivity index (χ1) is 17.2. The molecule has 0 bridgehead atoms. The van der Waals surface area contributed by atoms with Crippen molar-refractivity contribution in [2.75, 3.05) is 66.9 Å². The summed E-state index contributed by atoms with van der Waals surface area (Å²) in [6.45, 7) is 2.28. The minimum absolute atomic E-state index is 0.121. The largest absolute Gasteiger partial charge is 0.493 e. The standard InChI is InChI=1S/C24H31N5O6S/c1-28(2)9-11-34-21-6-5-17(13-22(21)32-3)19-14-20-23(26-8-7-25-20)24(27-19)35-16-18-15-29(10-12-33-18)36(4,30)31/h5-8,13-14,18H,9-12,15-16H2,1-4H3/t18-/m0/s1. The fraction of sp³-hybridized carbons (Fsp3) is 0.458. The van der Waals surface area contributed by atoms with Crippen molar-refractivity contribution in [3.63, 3.8) is 0 Å². The molecule has 36 heavy (non-hydrogen) atoms. The molecule has 0 saturated carbocycles. The summed E-state index contributed by atoms with van der Waals surface area (Å²) >= 11 is 0. The average molecular weight is 518 g/mol. The summed E-state index contributed by atoms with van der Waals surface area (Å²) < 4.78 is 48.4. The van der Waals surface area contributed by atoms with E-state index in [9.17, 15) is 8.42 Å². The highest BCUT2D eigenvalue weighted by molar-refractivity contribution is 7.88. The van der Waals surface area contributed by atoms with Crippen molar-refractivity contribution >= 4 is 21.1 Å². The highest BCUT2D eigenvalue weighted by atomic mass is 32.2. The highest BCUT2D eigenvalue weighted by Gasteiger charge is 2.27. The summed E-state index contributed by atoms with van der Waals surface area (Å²) in [6, 6.07) is 7.44. The molecule has 1 aliphatic heterocycles. The first kappa shape index (κ1) is 26.0. The monoisotopic (exact) mass is 517 g/mol. The molecule has 0 N–H and O–H groups in total. The van der Waals surface area contributed by atoms with Gasteiger partial charge in [-0.3, -0.25) is 4.98 Å². The number of aromatic nitrogens is 3. The third-order valence-electron chi connectivity index (χ3n) is 5.66. The number of nitrogens with zero attached hydrogens (tertiary/aromatic N) is 5. The second kappa shape index (κ2) is 11.3. The van der Waals surface area contributed by atoms with Gasteiger partial charge in [0.25, 0.3) is 0 Å². The van der Waals surface area contributed by atoms with Crippen molar-refractivity contribution in [3.05, 3.63) is 36.7 Å². The summed E-state index contributed by atoms with van der Waals surface area (Å²) in [4.78, 5) is 15.5. The number of fused-ring (bicyclic) bond motifs is 1. The molecule has 0 spiro atoms. The van der Waals surface area contributed by atoms with Crippen LogP contribution >= 0.6 is 0 Å². The highest BCUT2D eigenvalue weighted by Crippen LogP contribution is 2.34. The van der Waals surface area contributed by atoms with Crippen LogP contribution in [0.15, 0.2) is 36.7 Å². The van der Waals surface area contributed by atoms with Crippen molar-refractivity contribution in [1.82, 2.24) is 24.2 Å². The van der Waals surface area contributed by atoms with E-state index in [4.69, 9.17) is 23.9 Å². The molecule has 3 heterocycles. The van der Waals surface area contributed by atoms with E-state index >= 15 is 0 Å². The van der Waals surface area contributed by atoms with E-state index in [-0.39, 0.29) is 13.2 Å². The summed E-state index contributed by atoms with van der Waals surface area (Å²) in [5, 5.41) is 0. The number of benzene rings is 1. The Bertz CT molecular complexity index is 1300. The molecule has 1 fully saturated rings. The second-order valence-corrected chi connectivity index (χ2v) is 10.7. The number of rotatable bonds is 10. The molecule has 11 nitrogen and oxygen atoms in total. The lowest BCUT2D eigenvalue weighted by Gasteiger charge is -2.30. The van der Waals surface area contributed by atoms with Crippen molar-refractivity contribution in [2.45, 2.75) is 6.10 Å². The van der Waals surface area contributed by atoms with Crippen LogP contribution in [0.5, 0.6) is 17.4 Å². The van der Waals surface area contributed by atoms with E-state index < -0.39 is 16.1 Å². The fourth-order valence-corrected chi connectivity index (χ4v) is 4.59. The number of hydrogen-bond acceptors (Lipinski definition) is 10. The Labute approximate surface area is 211 Å². The molecule has 0 unspecified atom stereocenters. The number of likely N-dealkylation sites (N-methyl/N-ethyl adjacent to an activating group) is 1. The maximum atomic E-state index is 11.9. The number of methoxy groups -OCH3 is 1. The number of hydrogen-bond donors (Lipinski definition) is 0. The molecule has 0 aliphatic carbocycles. The Kier molecular flexibility index (Phi) is 8.19. The van der Waals surface area contributed by atoms with Gasteiger partial charge in [0.2, 0.25) is 15.9 Å². The van der Waals surface area contributed by atoms with Crippen LogP contribution in [0.2, 0.25) is 0 Å². The fourth-order valence-electron chi connectivity index (χ4n) is 3.74. The predicted molar refractivity (Wildman–Crippen MR) is 135 cm³/mol. The molecule has 0 radical (unpaired) electrons. The molecule has 2 aromatic heterocycles. The lowest BCUT2D eigenvalue weighted by atomic mass is 10.1. The van der Waals surface area contributed by atoms with Gasteiger partial charge in [-0.2, -0.15) is 4.31 Å². The zero-order valence-corrected chi connectivity index (χ0v) is 21.7. The maximum Gasteiger partial charge on any atom is 0.242 e. The quantitative estimate of drug-likeness (QED) is 0.393. The van der Waals surface area contributed by atoms with Gasteiger partial charge in [0.15, 0.2) is 17.0 Å². The molecule has 12 heteroatoms. The SMILES string of the molecule is COc1cc(-c2cc3nccnc3c(OC[C@@H]3CN(S(C)(=O)=O)CCO3)n2)ccc1OCCN(C)C. The summed E-state index contributed by atoms with van der Waals surface area (Å²) in [6.07, 6.45) is 3.94. The Hall–Kier alpha value is -3.06. The average Bonchev–Trinajstić information content (AvgIpc) is 2.86. The molecule has 1 aliphatic rings. The van der Waals surface area contributed by atoms with Crippen LogP contribution in [0.3, 0.4) is 0 Å². The van der Waals surface area contributed by atoms with Crippen LogP contribution in [0.25, 0.3) is 22.3 Å². The molecule has 4 rings (SSSR count). The Balaban J connectivity index is 1.58. The third kappa shape index (κ3) is 6.38. The van der Waals surface area contributed by atoms with Crippen LogP contribution in [0.4, 0.5) is 0 Å². The lowest BCUT2D eigenvalue weighted by molar-refractivity contribution is -0.0252. The van der Waals surface area contributed by atoms with E-state index in [1.165, 1.54) is 10.6 Å². The number of ether oxygens (including phenoxy) is 4. The van der Waals surface area contributed by atoms with Gasteiger partial charge < -0.3 is 23.8 Å². The number of pyridine rings is 1. The second-order valence-electron chi connectivity index (χ2n) is 8.68. The van der Waals surface area contributed by atoms with Gasteiger partial charge in [0, 0.05) is 37.6 Å². The van der Waals surface area contributed by atoms with E-state index in [0.717, 1.165) is 12.1 Å². The lowest BCUT2D eigenvalue weighted by Crippen LogP contribution is -2.47. The minimum Gasteiger partial charge on any atom is -0.493 e. The maximum absolute atomic E-state index is 11.9. The van der Waals surface area contributed by atoms with Crippen LogP contribution in [-0.4, -0.2) is 106 Å². The van der Waals surface area contributed by atoms with Gasteiger partial charge in [0.1, 0.15) is 19.3 Å². The normalized spacial score (nSPS) is 16.9. The van der Waals surface area contributed by atoms with Crippen LogP contribution < -0.4 is 14.2 Å². The van der Waals surface area contributed by atoms with Crippen molar-refractivity contribution < 1.29 is 27.4 Å². The van der Waals surface area contributed by atoms with Gasteiger partial charge >= 0.3 is 0 Å². The Morgan fingerprint density at radius 1 is 1.14 bits per heavy atom. The Morgan fingerprint density at radius 3 is 2.69 bits per heavy atom. The van der Waals surface area contributed by atoms with Crippen molar-refractivity contribution in [1.29, 1.82) is 0 Å². The van der Waals surface area contributed by atoms with E-state index in [1.54, 1.807) is 19.5 Å². The van der Waals surface area contributed by atoms with Gasteiger partial charge in [0.05, 0.1) is 31.2 Å². The van der Waals surface area contributed by atoms with Gasteiger partial charge in [-0.25, -0.2) is 18.4 Å². The van der Waals surface area contributed by atoms with E-state index in [0.29, 0.717) is 53.9 Å². The smallest absolute Gasteiger partial charge is 0.242 e. The van der Waals surface area contributed by atoms with Crippen LogP contribution in [0.1, 0.15) is 0 Å². The van der Waals surface area contributed by atoms with Crippen LogP contribution in [-0.2, 0) is 14.8 Å². The predicted octanol–water partition coefficient (Wildman–Crippen LogP) is 1.68. The molecule has 1 atom stereocenters. The van der Waals surface area contributed by atoms with Gasteiger partial charge in [-0.15, -0.1) is 0 Å². The van der Waals surface area contributed by atoms with E-state index in [1.807, 2.05) is 43.3 Å². The molecule has 1 aromatic carbocycles. The molecular formula is C24H31N5O6S. The summed E-state index contributed by atoms with van der Waals surface area (Å²) in [7, 11) is 2.26. The van der Waals surface area contributed by atoms with Crippen molar-refractivity contribution in [3.8, 4) is 28.6 Å². The first-order valence-electron chi connectivity index (χ1n) is 11.5. The molecular weight excluding hydrogens is 486 g/mol. The minimum atomic E-state index is -3.30. The van der Waals surface area contributed by atoms with E-state index in [2.05, 4.69) is 9.97 Å². The zero-order valence-electron chi connectivity index (χ0n) is 20.9. The van der Waals surface area contributed by atoms with Crippen LogP contribution in [0, 0.1) is 0 Å². The topological polar surface area (TPSA) is 116 Å². The molecule has 1 saturated heterocycles.